The molecule has 5 rings (SSSR count). The second kappa shape index (κ2) is 6.62. The van der Waals surface area contributed by atoms with E-state index in [1.807, 2.05) is 0 Å². The summed E-state index contributed by atoms with van der Waals surface area (Å²) in [5.74, 6) is 1.17. The molecule has 144 valence electrons. The molecule has 0 bridgehead atoms. The van der Waals surface area contributed by atoms with Gasteiger partial charge in [0.2, 0.25) is 5.91 Å². The van der Waals surface area contributed by atoms with Crippen LogP contribution < -0.4 is 0 Å². The molecule has 1 saturated carbocycles. The van der Waals surface area contributed by atoms with E-state index in [1.54, 1.807) is 0 Å². The van der Waals surface area contributed by atoms with Crippen LogP contribution >= 0.6 is 0 Å². The van der Waals surface area contributed by atoms with Crippen LogP contribution in [0.3, 0.4) is 0 Å². The van der Waals surface area contributed by atoms with Crippen LogP contribution in [0.4, 0.5) is 0 Å². The maximum absolute atomic E-state index is 12.4. The predicted molar refractivity (Wildman–Crippen MR) is 105 cm³/mol. The van der Waals surface area contributed by atoms with E-state index in [0.717, 1.165) is 62.8 Å². The monoisotopic (exact) mass is 366 g/mol. The highest BCUT2D eigenvalue weighted by atomic mass is 16.2. The molecule has 5 nitrogen and oxygen atoms in total. The first-order chi connectivity index (χ1) is 13.1. The summed E-state index contributed by atoms with van der Waals surface area (Å²) in [5.41, 5.74) is 3.75. The lowest BCUT2D eigenvalue weighted by molar-refractivity contribution is -0.139. The average Bonchev–Trinajstić information content (AvgIpc) is 3.36. The molecule has 1 amide bonds. The fourth-order valence-electron chi connectivity index (χ4n) is 5.17. The number of imidazole rings is 1. The van der Waals surface area contributed by atoms with Gasteiger partial charge in [0.25, 0.3) is 0 Å². The molecule has 5 heteroatoms. The molecule has 0 N–H and O–H groups in total. The molecular formula is C22H30N4O. The predicted octanol–water partition coefficient (Wildman–Crippen LogP) is 3.26. The molecule has 1 atom stereocenters. The zero-order valence-corrected chi connectivity index (χ0v) is 16.4. The van der Waals surface area contributed by atoms with Crippen LogP contribution in [0.25, 0.3) is 5.65 Å². The Balaban J connectivity index is 1.29. The van der Waals surface area contributed by atoms with Gasteiger partial charge in [0.15, 0.2) is 0 Å². The first kappa shape index (κ1) is 17.2. The second-order valence-corrected chi connectivity index (χ2v) is 9.19. The van der Waals surface area contributed by atoms with Crippen LogP contribution in [0.5, 0.6) is 0 Å². The third kappa shape index (κ3) is 3.49. The first-order valence-electron chi connectivity index (χ1n) is 10.5. The Morgan fingerprint density at radius 2 is 2.15 bits per heavy atom. The third-order valence-corrected chi connectivity index (χ3v) is 6.78. The molecular weight excluding hydrogens is 336 g/mol. The van der Waals surface area contributed by atoms with Crippen LogP contribution in [0.15, 0.2) is 24.5 Å². The van der Waals surface area contributed by atoms with Crippen molar-refractivity contribution in [2.24, 2.45) is 11.3 Å². The van der Waals surface area contributed by atoms with Gasteiger partial charge in [-0.15, -0.1) is 0 Å². The molecule has 2 saturated heterocycles. The summed E-state index contributed by atoms with van der Waals surface area (Å²) < 4.78 is 2.14. The number of piperidine rings is 2. The number of hydrogen-bond acceptors (Lipinski definition) is 3. The van der Waals surface area contributed by atoms with Crippen molar-refractivity contribution in [1.29, 1.82) is 0 Å². The number of rotatable bonds is 4. The highest BCUT2D eigenvalue weighted by Gasteiger charge is 2.42. The quantitative estimate of drug-likeness (QED) is 0.834. The number of amides is 1. The van der Waals surface area contributed by atoms with Gasteiger partial charge >= 0.3 is 0 Å². The maximum Gasteiger partial charge on any atom is 0.222 e. The molecule has 0 aromatic carbocycles. The minimum atomic E-state index is 0.302. The number of aromatic nitrogens is 2. The van der Waals surface area contributed by atoms with Crippen LogP contribution in [0.1, 0.15) is 49.8 Å². The Morgan fingerprint density at radius 1 is 1.26 bits per heavy atom. The molecule has 2 aliphatic heterocycles. The van der Waals surface area contributed by atoms with Gasteiger partial charge in [0, 0.05) is 50.4 Å². The van der Waals surface area contributed by atoms with Crippen LogP contribution in [-0.2, 0) is 11.3 Å². The summed E-state index contributed by atoms with van der Waals surface area (Å²) in [6, 6.07) is 4.20. The molecule has 1 unspecified atom stereocenters. The van der Waals surface area contributed by atoms with Crippen molar-refractivity contribution in [2.45, 2.75) is 52.0 Å². The van der Waals surface area contributed by atoms with E-state index < -0.39 is 0 Å². The Morgan fingerprint density at radius 3 is 2.96 bits per heavy atom. The zero-order valence-electron chi connectivity index (χ0n) is 16.4. The summed E-state index contributed by atoms with van der Waals surface area (Å²) in [6.07, 6.45) is 11.2. The Kier molecular flexibility index (Phi) is 4.23. The normalized spacial score (nSPS) is 27.0. The average molecular weight is 367 g/mol. The zero-order chi connectivity index (χ0) is 18.4. The minimum absolute atomic E-state index is 0.302. The molecule has 2 aromatic rings. The van der Waals surface area contributed by atoms with Gasteiger partial charge < -0.3 is 9.30 Å². The fraction of sp³-hybridized carbons (Fsp3) is 0.636. The fourth-order valence-corrected chi connectivity index (χ4v) is 5.17. The van der Waals surface area contributed by atoms with Gasteiger partial charge in [-0.2, -0.15) is 0 Å². The van der Waals surface area contributed by atoms with E-state index in [9.17, 15) is 4.79 Å². The molecule has 1 spiro atoms. The third-order valence-electron chi connectivity index (χ3n) is 6.78. The number of carbonyl (C=O) groups is 1. The molecule has 1 aliphatic carbocycles. The van der Waals surface area contributed by atoms with Crippen molar-refractivity contribution in [3.05, 3.63) is 35.8 Å². The topological polar surface area (TPSA) is 40.9 Å². The van der Waals surface area contributed by atoms with E-state index in [1.165, 1.54) is 31.2 Å². The highest BCUT2D eigenvalue weighted by molar-refractivity contribution is 5.77. The number of nitrogens with zero attached hydrogens (tertiary/aromatic N) is 4. The van der Waals surface area contributed by atoms with Gasteiger partial charge in [0.1, 0.15) is 5.65 Å². The van der Waals surface area contributed by atoms with Crippen LogP contribution in [0, 0.1) is 18.3 Å². The molecule has 3 fully saturated rings. The summed E-state index contributed by atoms with van der Waals surface area (Å²) >= 11 is 0. The van der Waals surface area contributed by atoms with E-state index in [0.29, 0.717) is 11.3 Å². The van der Waals surface area contributed by atoms with Crippen molar-refractivity contribution in [1.82, 2.24) is 19.2 Å². The highest BCUT2D eigenvalue weighted by Crippen LogP contribution is 2.41. The summed E-state index contributed by atoms with van der Waals surface area (Å²) in [4.78, 5) is 22.0. The Labute approximate surface area is 161 Å². The Hall–Kier alpha value is -1.88. The van der Waals surface area contributed by atoms with E-state index in [4.69, 9.17) is 4.98 Å². The Bertz CT molecular complexity index is 855. The van der Waals surface area contributed by atoms with Gasteiger partial charge in [-0.05, 0) is 63.1 Å². The van der Waals surface area contributed by atoms with Crippen LogP contribution in [0.2, 0.25) is 0 Å². The van der Waals surface area contributed by atoms with Crippen molar-refractivity contribution < 1.29 is 4.79 Å². The number of hydrogen-bond donors (Lipinski definition) is 0. The largest absolute Gasteiger partial charge is 0.342 e. The summed E-state index contributed by atoms with van der Waals surface area (Å²) in [5, 5.41) is 0. The molecule has 4 heterocycles. The van der Waals surface area contributed by atoms with Crippen molar-refractivity contribution in [3.63, 3.8) is 0 Å². The maximum atomic E-state index is 12.4. The van der Waals surface area contributed by atoms with Gasteiger partial charge in [0.05, 0.1) is 5.69 Å². The molecule has 27 heavy (non-hydrogen) atoms. The summed E-state index contributed by atoms with van der Waals surface area (Å²) in [7, 11) is 0. The molecule has 2 aromatic heterocycles. The number of aryl methyl sites for hydroxylation is 1. The lowest BCUT2D eigenvalue weighted by Crippen LogP contribution is -2.54. The summed E-state index contributed by atoms with van der Waals surface area (Å²) in [6.45, 7) is 7.27. The lowest BCUT2D eigenvalue weighted by Gasteiger charge is -2.48. The van der Waals surface area contributed by atoms with E-state index >= 15 is 0 Å². The van der Waals surface area contributed by atoms with Gasteiger partial charge in [-0.1, -0.05) is 6.07 Å². The number of carbonyl (C=O) groups excluding carboxylic acids is 1. The number of pyridine rings is 1. The molecule has 3 aliphatic rings. The van der Waals surface area contributed by atoms with Crippen molar-refractivity contribution in [2.75, 3.05) is 26.2 Å². The van der Waals surface area contributed by atoms with Crippen molar-refractivity contribution in [3.8, 4) is 0 Å². The standard InChI is InChI=1S/C22H30N4O/c1-17-4-2-11-25-14-19(23-21(17)25)13-24-10-3-8-22(15-24)9-7-20(27)26(16-22)12-18-5-6-18/h2,4,11,14,18H,3,5-10,12-13,15-16H2,1H3. The first-order valence-corrected chi connectivity index (χ1v) is 10.5. The SMILES string of the molecule is Cc1cccn2cc(CN3CCCC4(CCC(=O)N(CC5CC5)C4)C3)nc12. The van der Waals surface area contributed by atoms with Gasteiger partial charge in [-0.3, -0.25) is 9.69 Å². The second-order valence-electron chi connectivity index (χ2n) is 9.19. The van der Waals surface area contributed by atoms with Gasteiger partial charge in [-0.25, -0.2) is 4.98 Å². The minimum Gasteiger partial charge on any atom is -0.342 e. The molecule has 0 radical (unpaired) electrons. The van der Waals surface area contributed by atoms with E-state index in [-0.39, 0.29) is 0 Å². The lowest BCUT2D eigenvalue weighted by atomic mass is 9.73. The van der Waals surface area contributed by atoms with E-state index in [2.05, 4.69) is 45.7 Å². The number of likely N-dealkylation sites (tertiary alicyclic amines) is 2. The van der Waals surface area contributed by atoms with Crippen LogP contribution in [-0.4, -0.2) is 51.3 Å². The number of fused-ring (bicyclic) bond motifs is 1. The van der Waals surface area contributed by atoms with Crippen molar-refractivity contribution >= 4 is 11.6 Å². The smallest absolute Gasteiger partial charge is 0.222 e.